The van der Waals surface area contributed by atoms with Gasteiger partial charge in [0.1, 0.15) is 33.8 Å². The molecule has 0 spiro atoms. The summed E-state index contributed by atoms with van der Waals surface area (Å²) >= 11 is 0. The van der Waals surface area contributed by atoms with Crippen molar-refractivity contribution in [2.75, 3.05) is 0 Å². The fraction of sp³-hybridized carbons (Fsp3) is 0.133. The number of hydrogen-bond acceptors (Lipinski definition) is 4. The molecule has 318 valence electrons. The van der Waals surface area contributed by atoms with E-state index in [0.717, 1.165) is 111 Å². The second-order valence-electron chi connectivity index (χ2n) is 20.9. The van der Waals surface area contributed by atoms with Crippen LogP contribution in [0, 0.1) is 0 Å². The van der Waals surface area contributed by atoms with Gasteiger partial charge in [-0.3, -0.25) is 9.13 Å². The molecule has 2 aliphatic heterocycles. The van der Waals surface area contributed by atoms with E-state index in [2.05, 4.69) is 202 Å². The minimum Gasteiger partial charge on any atom is -0.454 e. The third-order valence-electron chi connectivity index (χ3n) is 15.0. The smallest absolute Gasteiger partial charge is 0.252 e. The van der Waals surface area contributed by atoms with Gasteiger partial charge < -0.3 is 8.83 Å². The Labute approximate surface area is 386 Å². The quantitative estimate of drug-likeness (QED) is 0.162. The van der Waals surface area contributed by atoms with Crippen molar-refractivity contribution in [3.8, 4) is 34.2 Å². The lowest BCUT2D eigenvalue weighted by Gasteiger charge is -2.33. The number of imidazole rings is 2. The summed E-state index contributed by atoms with van der Waals surface area (Å²) in [5.41, 5.74) is 17.7. The Kier molecular flexibility index (Phi) is 6.97. The molecular formula is C60H43BN4O2. The van der Waals surface area contributed by atoms with Crippen LogP contribution in [0.15, 0.2) is 160 Å². The molecule has 4 aromatic heterocycles. The van der Waals surface area contributed by atoms with E-state index in [-0.39, 0.29) is 17.5 Å². The molecule has 0 aliphatic carbocycles. The molecule has 6 heterocycles. The van der Waals surface area contributed by atoms with Crippen LogP contribution in [-0.2, 0) is 10.8 Å². The van der Waals surface area contributed by atoms with Gasteiger partial charge in [-0.2, -0.15) is 0 Å². The van der Waals surface area contributed by atoms with Crippen LogP contribution in [0.2, 0.25) is 0 Å². The molecule has 0 bridgehead atoms. The molecule has 0 saturated carbocycles. The van der Waals surface area contributed by atoms with Crippen molar-refractivity contribution >= 4 is 111 Å². The first-order chi connectivity index (χ1) is 32.5. The summed E-state index contributed by atoms with van der Waals surface area (Å²) in [5.74, 6) is 1.79. The number of benzene rings is 9. The van der Waals surface area contributed by atoms with Crippen LogP contribution >= 0.6 is 0 Å². The highest BCUT2D eigenvalue weighted by Gasteiger charge is 2.43. The van der Waals surface area contributed by atoms with Crippen LogP contribution in [0.3, 0.4) is 0 Å². The van der Waals surface area contributed by atoms with Crippen LogP contribution < -0.4 is 16.4 Å². The van der Waals surface area contributed by atoms with Gasteiger partial charge in [-0.1, -0.05) is 157 Å². The van der Waals surface area contributed by atoms with Crippen molar-refractivity contribution in [3.05, 3.63) is 163 Å². The molecule has 7 heteroatoms. The Bertz CT molecular complexity index is 4090. The van der Waals surface area contributed by atoms with Crippen LogP contribution in [0.4, 0.5) is 0 Å². The highest BCUT2D eigenvalue weighted by Crippen LogP contribution is 2.45. The van der Waals surface area contributed by atoms with E-state index < -0.39 is 0 Å². The van der Waals surface area contributed by atoms with Crippen LogP contribution in [-0.4, -0.2) is 25.8 Å². The number of nitrogens with zero attached hydrogens (tertiary/aromatic N) is 4. The molecule has 0 saturated heterocycles. The lowest BCUT2D eigenvalue weighted by molar-refractivity contribution is 0.590. The van der Waals surface area contributed by atoms with Crippen molar-refractivity contribution in [1.82, 2.24) is 19.1 Å². The monoisotopic (exact) mass is 862 g/mol. The second-order valence-corrected chi connectivity index (χ2v) is 20.9. The summed E-state index contributed by atoms with van der Waals surface area (Å²) in [6.07, 6.45) is 0. The molecule has 13 aromatic rings. The van der Waals surface area contributed by atoms with E-state index in [0.29, 0.717) is 0 Å². The lowest BCUT2D eigenvalue weighted by atomic mass is 9.34. The van der Waals surface area contributed by atoms with E-state index in [4.69, 9.17) is 18.8 Å². The normalized spacial score (nSPS) is 13.5. The van der Waals surface area contributed by atoms with Crippen molar-refractivity contribution < 1.29 is 8.83 Å². The van der Waals surface area contributed by atoms with Crippen LogP contribution in [0.25, 0.3) is 122 Å². The first-order valence-electron chi connectivity index (χ1n) is 23.4. The first kappa shape index (κ1) is 37.3. The maximum Gasteiger partial charge on any atom is 0.252 e. The average Bonchev–Trinajstić information content (AvgIpc) is 4.11. The highest BCUT2D eigenvalue weighted by molar-refractivity contribution is 7.00. The van der Waals surface area contributed by atoms with Gasteiger partial charge in [0.05, 0.1) is 11.0 Å². The summed E-state index contributed by atoms with van der Waals surface area (Å²) in [6.45, 7) is 13.5. The van der Waals surface area contributed by atoms with Gasteiger partial charge in [-0.25, -0.2) is 9.97 Å². The molecule has 15 rings (SSSR count). The molecule has 0 fully saturated rings. The minimum absolute atomic E-state index is 0.0437. The lowest BCUT2D eigenvalue weighted by Crippen LogP contribution is -2.59. The van der Waals surface area contributed by atoms with Gasteiger partial charge in [-0.05, 0) is 96.3 Å². The molecule has 6 nitrogen and oxygen atoms in total. The third kappa shape index (κ3) is 4.85. The molecular weight excluding hydrogens is 819 g/mol. The predicted molar refractivity (Wildman–Crippen MR) is 278 cm³/mol. The number of furan rings is 2. The molecule has 0 unspecified atom stereocenters. The maximum absolute atomic E-state index is 6.98. The Balaban J connectivity index is 1.14. The number of fused-ring (bicyclic) bond motifs is 14. The largest absolute Gasteiger partial charge is 0.454 e. The SMILES string of the molecule is CC(C)(C)c1ccc2oc3c(cc4c5c3nc(-c3cccc6ccccc36)n5-c3cccc5c3B4c3cc4c6cc(C(C)(C)C)ccc6oc4c4nc(-c6cccc7ccccc67)n-5c34)c2c1. The number of aromatic nitrogens is 4. The second kappa shape index (κ2) is 12.5. The zero-order valence-corrected chi connectivity index (χ0v) is 38.1. The van der Waals surface area contributed by atoms with Crippen molar-refractivity contribution in [1.29, 1.82) is 0 Å². The Morgan fingerprint density at radius 2 is 0.866 bits per heavy atom. The Hall–Kier alpha value is -7.90. The topological polar surface area (TPSA) is 61.9 Å². The first-order valence-corrected chi connectivity index (χ1v) is 23.4. The molecule has 0 atom stereocenters. The Morgan fingerprint density at radius 1 is 0.433 bits per heavy atom. The zero-order chi connectivity index (χ0) is 44.8. The summed E-state index contributed by atoms with van der Waals surface area (Å²) < 4.78 is 18.8. The number of rotatable bonds is 2. The molecule has 0 radical (unpaired) electrons. The fourth-order valence-electron chi connectivity index (χ4n) is 11.8. The summed E-state index contributed by atoms with van der Waals surface area (Å²) in [6, 6.07) is 55.5. The molecule has 0 N–H and O–H groups in total. The van der Waals surface area contributed by atoms with Crippen molar-refractivity contribution in [3.63, 3.8) is 0 Å². The zero-order valence-electron chi connectivity index (χ0n) is 38.1. The highest BCUT2D eigenvalue weighted by atomic mass is 16.3. The standard InChI is InChI=1S/C60H43BN4O2/c1-59(2,3)34-24-26-48-40(28-34)42-30-44-53-51(55(42)66-48)62-57(38-20-11-16-32-14-7-9-18-36(32)38)64(53)46-22-13-23-47-50(46)61(44)45-31-43-41-29-35(60(4,5)6)25-27-49(41)67-56(43)52-54(45)65(47)58(63-52)39-21-12-17-33-15-8-10-19-37(33)39/h7-31H,1-6H3. The van der Waals surface area contributed by atoms with Gasteiger partial charge in [-0.15, -0.1) is 0 Å². The maximum atomic E-state index is 6.98. The van der Waals surface area contributed by atoms with Gasteiger partial charge in [0.15, 0.2) is 11.2 Å². The molecule has 0 amide bonds. The van der Waals surface area contributed by atoms with E-state index in [1.54, 1.807) is 0 Å². The van der Waals surface area contributed by atoms with Gasteiger partial charge >= 0.3 is 0 Å². The van der Waals surface area contributed by atoms with E-state index in [1.165, 1.54) is 38.3 Å². The van der Waals surface area contributed by atoms with Gasteiger partial charge in [0, 0.05) is 44.0 Å². The van der Waals surface area contributed by atoms with E-state index in [9.17, 15) is 0 Å². The van der Waals surface area contributed by atoms with Crippen LogP contribution in [0.1, 0.15) is 52.7 Å². The van der Waals surface area contributed by atoms with E-state index >= 15 is 0 Å². The molecule has 2 aliphatic rings. The predicted octanol–water partition coefficient (Wildman–Crippen LogP) is 13.5. The average molecular weight is 863 g/mol. The van der Waals surface area contributed by atoms with Gasteiger partial charge in [0.25, 0.3) is 6.71 Å². The molecule has 67 heavy (non-hydrogen) atoms. The van der Waals surface area contributed by atoms with E-state index in [1.807, 2.05) is 0 Å². The van der Waals surface area contributed by atoms with Crippen LogP contribution in [0.5, 0.6) is 0 Å². The van der Waals surface area contributed by atoms with Crippen molar-refractivity contribution in [2.45, 2.75) is 52.4 Å². The van der Waals surface area contributed by atoms with Gasteiger partial charge in [0.2, 0.25) is 0 Å². The number of hydrogen-bond donors (Lipinski definition) is 0. The van der Waals surface area contributed by atoms with Crippen molar-refractivity contribution in [2.24, 2.45) is 0 Å². The Morgan fingerprint density at radius 3 is 1.33 bits per heavy atom. The fourth-order valence-corrected chi connectivity index (χ4v) is 11.8. The summed E-state index contributed by atoms with van der Waals surface area (Å²) in [5, 5.41) is 9.03. The third-order valence-corrected chi connectivity index (χ3v) is 15.0. The molecule has 9 aromatic carbocycles. The minimum atomic E-state index is -0.161. The summed E-state index contributed by atoms with van der Waals surface area (Å²) in [4.78, 5) is 11.5. The summed E-state index contributed by atoms with van der Waals surface area (Å²) in [7, 11) is 0.